The van der Waals surface area contributed by atoms with Crippen molar-refractivity contribution < 1.29 is 13.9 Å². The van der Waals surface area contributed by atoms with Crippen molar-refractivity contribution in [2.45, 2.75) is 12.8 Å². The van der Waals surface area contributed by atoms with Crippen molar-refractivity contribution in [3.05, 3.63) is 66.4 Å². The van der Waals surface area contributed by atoms with E-state index < -0.39 is 0 Å². The lowest BCUT2D eigenvalue weighted by Gasteiger charge is -2.08. The van der Waals surface area contributed by atoms with Crippen LogP contribution in [0.5, 0.6) is 5.75 Å². The van der Waals surface area contributed by atoms with Gasteiger partial charge in [0.1, 0.15) is 5.75 Å². The van der Waals surface area contributed by atoms with E-state index in [1.165, 1.54) is 0 Å². The number of hydrogen-bond donors (Lipinski definition) is 2. The molecule has 0 bridgehead atoms. The van der Waals surface area contributed by atoms with Gasteiger partial charge in [0.15, 0.2) is 11.6 Å². The lowest BCUT2D eigenvalue weighted by Crippen LogP contribution is -2.12. The summed E-state index contributed by atoms with van der Waals surface area (Å²) >= 11 is 0. The fraction of sp³-hybridized carbons (Fsp3) is 0.143. The number of nitrogens with one attached hydrogen (secondary N) is 2. The molecule has 0 aliphatic rings. The Hall–Kier alpha value is -3.54. The third kappa shape index (κ3) is 3.69. The zero-order chi connectivity index (χ0) is 18.6. The summed E-state index contributed by atoms with van der Waals surface area (Å²) in [5.74, 6) is 2.09. The van der Waals surface area contributed by atoms with Crippen LogP contribution < -0.4 is 10.1 Å². The second kappa shape index (κ2) is 7.37. The Labute approximate surface area is 156 Å². The van der Waals surface area contributed by atoms with Crippen LogP contribution >= 0.6 is 0 Å². The smallest absolute Gasteiger partial charge is 0.224 e. The zero-order valence-corrected chi connectivity index (χ0v) is 14.9. The van der Waals surface area contributed by atoms with E-state index in [1.54, 1.807) is 13.4 Å². The van der Waals surface area contributed by atoms with Crippen LogP contribution in [0, 0.1) is 0 Å². The molecule has 4 rings (SSSR count). The van der Waals surface area contributed by atoms with Crippen molar-refractivity contribution in [2.75, 3.05) is 12.4 Å². The van der Waals surface area contributed by atoms with Gasteiger partial charge in [-0.15, -0.1) is 0 Å². The Morgan fingerprint density at radius 1 is 1.19 bits per heavy atom. The van der Waals surface area contributed by atoms with Crippen LogP contribution in [0.4, 0.5) is 5.69 Å². The molecule has 2 aromatic heterocycles. The summed E-state index contributed by atoms with van der Waals surface area (Å²) in [6, 6.07) is 17.0. The maximum Gasteiger partial charge on any atom is 0.224 e. The van der Waals surface area contributed by atoms with E-state index in [1.807, 2.05) is 54.6 Å². The first-order chi connectivity index (χ1) is 13.2. The molecule has 0 unspecified atom stereocenters. The minimum Gasteiger partial charge on any atom is -0.496 e. The number of amides is 1. The van der Waals surface area contributed by atoms with Gasteiger partial charge in [0.05, 0.1) is 24.4 Å². The third-order valence-electron chi connectivity index (χ3n) is 4.33. The van der Waals surface area contributed by atoms with Gasteiger partial charge in [-0.3, -0.25) is 4.79 Å². The van der Waals surface area contributed by atoms with Crippen molar-refractivity contribution in [1.29, 1.82) is 0 Å². The monoisotopic (exact) mass is 361 g/mol. The van der Waals surface area contributed by atoms with Crippen molar-refractivity contribution in [3.63, 3.8) is 0 Å². The molecule has 0 saturated carbocycles. The second-order valence-corrected chi connectivity index (χ2v) is 6.15. The van der Waals surface area contributed by atoms with E-state index in [0.717, 1.165) is 28.0 Å². The summed E-state index contributed by atoms with van der Waals surface area (Å²) in [6.07, 6.45) is 2.60. The number of fused-ring (bicyclic) bond motifs is 1. The van der Waals surface area contributed by atoms with Gasteiger partial charge < -0.3 is 19.5 Å². The minimum atomic E-state index is -0.0500. The summed E-state index contributed by atoms with van der Waals surface area (Å²) < 4.78 is 10.7. The van der Waals surface area contributed by atoms with Gasteiger partial charge in [0.25, 0.3) is 0 Å². The maximum atomic E-state index is 12.3. The fourth-order valence-corrected chi connectivity index (χ4v) is 3.00. The first-order valence-electron chi connectivity index (χ1n) is 8.68. The summed E-state index contributed by atoms with van der Waals surface area (Å²) in [5.41, 5.74) is 3.39. The average Bonchev–Trinajstić information content (AvgIpc) is 3.35. The molecule has 0 aliphatic heterocycles. The van der Waals surface area contributed by atoms with Crippen molar-refractivity contribution in [1.82, 2.24) is 9.97 Å². The third-order valence-corrected chi connectivity index (χ3v) is 4.33. The number of aromatic nitrogens is 2. The normalized spacial score (nSPS) is 10.9. The molecule has 0 aliphatic carbocycles. The number of aromatic amines is 1. The zero-order valence-electron chi connectivity index (χ0n) is 14.9. The number of anilines is 1. The summed E-state index contributed by atoms with van der Waals surface area (Å²) in [4.78, 5) is 20.0. The van der Waals surface area contributed by atoms with Gasteiger partial charge in [0, 0.05) is 12.1 Å². The quantitative estimate of drug-likeness (QED) is 0.533. The van der Waals surface area contributed by atoms with E-state index in [-0.39, 0.29) is 5.91 Å². The van der Waals surface area contributed by atoms with E-state index in [0.29, 0.717) is 24.4 Å². The first kappa shape index (κ1) is 16.9. The van der Waals surface area contributed by atoms with Crippen LogP contribution in [0.3, 0.4) is 0 Å². The van der Waals surface area contributed by atoms with Crippen LogP contribution in [0.1, 0.15) is 12.0 Å². The number of carbonyl (C=O) groups is 1. The first-order valence-corrected chi connectivity index (χ1v) is 8.68. The van der Waals surface area contributed by atoms with E-state index >= 15 is 0 Å². The highest BCUT2D eigenvalue weighted by Crippen LogP contribution is 2.23. The fourth-order valence-electron chi connectivity index (χ4n) is 3.00. The second-order valence-electron chi connectivity index (χ2n) is 6.15. The van der Waals surface area contributed by atoms with Crippen LogP contribution in [0.25, 0.3) is 22.6 Å². The summed E-state index contributed by atoms with van der Waals surface area (Å²) in [7, 11) is 1.63. The molecule has 0 fully saturated rings. The number of aryl methyl sites for hydroxylation is 1. The van der Waals surface area contributed by atoms with Crippen LogP contribution in [0.2, 0.25) is 0 Å². The number of methoxy groups -OCH3 is 1. The van der Waals surface area contributed by atoms with Gasteiger partial charge in [-0.1, -0.05) is 18.2 Å². The number of imidazole rings is 1. The molecule has 136 valence electrons. The largest absolute Gasteiger partial charge is 0.496 e. The highest BCUT2D eigenvalue weighted by Gasteiger charge is 2.10. The van der Waals surface area contributed by atoms with Crippen LogP contribution in [0.15, 0.2) is 65.3 Å². The summed E-state index contributed by atoms with van der Waals surface area (Å²) in [6.45, 7) is 0. The molecule has 0 atom stereocenters. The SMILES string of the molecule is COc1ccccc1CCC(=O)Nc1ccc2nc(-c3ccco3)[nH]c2c1. The highest BCUT2D eigenvalue weighted by molar-refractivity contribution is 5.93. The van der Waals surface area contributed by atoms with Gasteiger partial charge in [0.2, 0.25) is 5.91 Å². The number of para-hydroxylation sites is 1. The van der Waals surface area contributed by atoms with E-state index in [9.17, 15) is 4.79 Å². The molecule has 2 heterocycles. The number of nitrogens with zero attached hydrogens (tertiary/aromatic N) is 1. The highest BCUT2D eigenvalue weighted by atomic mass is 16.5. The standard InChI is InChI=1S/C21H19N3O3/c1-26-18-6-3-2-5-14(18)8-11-20(25)22-15-9-10-16-17(13-15)24-21(23-16)19-7-4-12-27-19/h2-7,9-10,12-13H,8,11H2,1H3,(H,22,25)(H,23,24). The van der Waals surface area contributed by atoms with E-state index in [2.05, 4.69) is 15.3 Å². The summed E-state index contributed by atoms with van der Waals surface area (Å²) in [5, 5.41) is 2.93. The molecule has 6 heteroatoms. The molecule has 2 aromatic carbocycles. The molecule has 27 heavy (non-hydrogen) atoms. The molecule has 2 N–H and O–H groups in total. The predicted molar refractivity (Wildman–Crippen MR) is 104 cm³/mol. The predicted octanol–water partition coefficient (Wildman–Crippen LogP) is 4.40. The number of rotatable bonds is 6. The molecule has 0 spiro atoms. The minimum absolute atomic E-state index is 0.0500. The Morgan fingerprint density at radius 2 is 2.07 bits per heavy atom. The number of hydrogen-bond acceptors (Lipinski definition) is 4. The molecule has 4 aromatic rings. The number of carbonyl (C=O) groups excluding carboxylic acids is 1. The van der Waals surface area contributed by atoms with Crippen molar-refractivity contribution >= 4 is 22.6 Å². The number of benzene rings is 2. The van der Waals surface area contributed by atoms with Crippen molar-refractivity contribution in [2.24, 2.45) is 0 Å². The molecule has 0 saturated heterocycles. The molecule has 1 amide bonds. The average molecular weight is 361 g/mol. The molecular formula is C21H19N3O3. The number of ether oxygens (including phenoxy) is 1. The Morgan fingerprint density at radius 3 is 2.89 bits per heavy atom. The number of furan rings is 1. The Kier molecular flexibility index (Phi) is 4.61. The Bertz CT molecular complexity index is 1070. The van der Waals surface area contributed by atoms with E-state index in [4.69, 9.17) is 9.15 Å². The van der Waals surface area contributed by atoms with Crippen molar-refractivity contribution in [3.8, 4) is 17.3 Å². The molecule has 6 nitrogen and oxygen atoms in total. The Balaban J connectivity index is 1.44. The molecule has 0 radical (unpaired) electrons. The molecular weight excluding hydrogens is 342 g/mol. The lowest BCUT2D eigenvalue weighted by molar-refractivity contribution is -0.116. The van der Waals surface area contributed by atoms with Gasteiger partial charge >= 0.3 is 0 Å². The van der Waals surface area contributed by atoms with Gasteiger partial charge in [-0.25, -0.2) is 4.98 Å². The number of H-pyrrole nitrogens is 1. The van der Waals surface area contributed by atoms with Crippen LogP contribution in [-0.2, 0) is 11.2 Å². The maximum absolute atomic E-state index is 12.3. The van der Waals surface area contributed by atoms with Gasteiger partial charge in [-0.2, -0.15) is 0 Å². The van der Waals surface area contributed by atoms with Crippen LogP contribution in [-0.4, -0.2) is 23.0 Å². The van der Waals surface area contributed by atoms with Gasteiger partial charge in [-0.05, 0) is 48.4 Å². The lowest BCUT2D eigenvalue weighted by atomic mass is 10.1. The topological polar surface area (TPSA) is 80.2 Å².